The third-order valence-electron chi connectivity index (χ3n) is 12.5. The van der Waals surface area contributed by atoms with Gasteiger partial charge in [-0.25, -0.2) is 24.2 Å². The molecule has 2 N–H and O–H groups in total. The Balaban J connectivity index is 0.983. The van der Waals surface area contributed by atoms with Crippen molar-refractivity contribution in [1.29, 1.82) is 0 Å². The van der Waals surface area contributed by atoms with E-state index >= 15 is 0 Å². The molecule has 5 amide bonds. The number of cyclic esters (lactones) is 1. The van der Waals surface area contributed by atoms with Gasteiger partial charge >= 0.3 is 35.5 Å². The monoisotopic (exact) mass is 1080 g/mol. The Labute approximate surface area is 446 Å². The van der Waals surface area contributed by atoms with Gasteiger partial charge in [-0.15, -0.1) is 11.3 Å². The second-order valence-electron chi connectivity index (χ2n) is 23.0. The molecule has 1 saturated carbocycles. The van der Waals surface area contributed by atoms with Crippen molar-refractivity contribution in [2.24, 2.45) is 10.6 Å². The summed E-state index contributed by atoms with van der Waals surface area (Å²) < 4.78 is 35.5. The van der Waals surface area contributed by atoms with Crippen LogP contribution in [-0.4, -0.2) is 115 Å². The van der Waals surface area contributed by atoms with E-state index in [0.29, 0.717) is 21.1 Å². The first-order valence-electron chi connectivity index (χ1n) is 24.7. The Kier molecular flexibility index (Phi) is 13.3. The molecule has 5 aliphatic rings. The highest BCUT2D eigenvalue weighted by Crippen LogP contribution is 2.52. The third kappa shape index (κ3) is 10.4. The lowest BCUT2D eigenvalue weighted by Gasteiger charge is -2.49. The number of imide groups is 1. The number of rotatable bonds is 12. The van der Waals surface area contributed by atoms with Gasteiger partial charge in [0.15, 0.2) is 22.3 Å². The number of thiazole rings is 1. The van der Waals surface area contributed by atoms with Crippen LogP contribution < -0.4 is 20.1 Å². The number of anilines is 1. The molecule has 406 valence electrons. The number of fused-ring (bicyclic) bond motifs is 2. The van der Waals surface area contributed by atoms with Gasteiger partial charge in [-0.2, -0.15) is 5.06 Å². The molecule has 4 aromatic rings. The number of hydroxylamine groups is 2. The molecule has 0 spiro atoms. The molecule has 0 bridgehead atoms. The summed E-state index contributed by atoms with van der Waals surface area (Å²) in [5.41, 5.74) is -7.52. The van der Waals surface area contributed by atoms with Crippen molar-refractivity contribution in [3.8, 4) is 11.5 Å². The molecule has 22 nitrogen and oxygen atoms in total. The number of oxime groups is 1. The molecule has 3 fully saturated rings. The molecule has 3 atom stereocenters. The van der Waals surface area contributed by atoms with E-state index in [-0.39, 0.29) is 51.7 Å². The highest BCUT2D eigenvalue weighted by molar-refractivity contribution is 7.14. The molecule has 0 radical (unpaired) electrons. The van der Waals surface area contributed by atoms with Crippen molar-refractivity contribution in [3.63, 3.8) is 0 Å². The number of esters is 3. The molecule has 1 unspecified atom stereocenters. The number of carbonyl (C=O) groups excluding carboxylic acids is 8. The van der Waals surface area contributed by atoms with Gasteiger partial charge in [0.05, 0.1) is 17.5 Å². The van der Waals surface area contributed by atoms with Gasteiger partial charge in [-0.1, -0.05) is 79.7 Å². The Bertz CT molecular complexity index is 3040. The number of amides is 5. The maximum absolute atomic E-state index is 14.6. The van der Waals surface area contributed by atoms with Crippen LogP contribution in [0.4, 0.5) is 9.93 Å². The van der Waals surface area contributed by atoms with Crippen LogP contribution >= 0.6 is 11.3 Å². The number of benzene rings is 3. The first-order valence-corrected chi connectivity index (χ1v) is 25.5. The third-order valence-corrected chi connectivity index (χ3v) is 13.3. The number of hydrogen-bond acceptors (Lipinski definition) is 19. The van der Waals surface area contributed by atoms with Crippen LogP contribution in [-0.2, 0) is 58.4 Å². The van der Waals surface area contributed by atoms with E-state index in [1.54, 1.807) is 41.5 Å². The highest BCUT2D eigenvalue weighted by atomic mass is 32.1. The smallest absolute Gasteiger partial charge is 0.413 e. The van der Waals surface area contributed by atoms with Gasteiger partial charge in [0, 0.05) is 29.3 Å². The first-order chi connectivity index (χ1) is 35.9. The largest absolute Gasteiger partial charge is 0.457 e. The zero-order valence-electron chi connectivity index (χ0n) is 44.2. The molecule has 1 aliphatic carbocycles. The second kappa shape index (κ2) is 19.0. The van der Waals surface area contributed by atoms with Crippen molar-refractivity contribution in [2.75, 3.05) is 11.9 Å². The van der Waals surface area contributed by atoms with Gasteiger partial charge in [0.25, 0.3) is 23.6 Å². The number of ether oxygens (including phenoxy) is 6. The van der Waals surface area contributed by atoms with Crippen molar-refractivity contribution in [1.82, 2.24) is 20.3 Å². The average Bonchev–Trinajstić information content (AvgIpc) is 4.22. The lowest BCUT2D eigenvalue weighted by Crippen LogP contribution is -2.59. The number of nitrogens with zero attached hydrogens (tertiary/aromatic N) is 4. The van der Waals surface area contributed by atoms with Crippen LogP contribution in [0, 0.1) is 5.41 Å². The summed E-state index contributed by atoms with van der Waals surface area (Å²) in [4.78, 5) is 130. The molecule has 1 aromatic heterocycles. The van der Waals surface area contributed by atoms with Gasteiger partial charge < -0.3 is 38.6 Å². The maximum atomic E-state index is 14.6. The number of aromatic nitrogens is 1. The normalized spacial score (nSPS) is 22.2. The summed E-state index contributed by atoms with van der Waals surface area (Å²) >= 11 is 0.900. The fourth-order valence-electron chi connectivity index (χ4n) is 9.58. The molecule has 23 heteroatoms. The summed E-state index contributed by atoms with van der Waals surface area (Å²) in [5, 5.41) is 11.0. The van der Waals surface area contributed by atoms with Gasteiger partial charge in [0.2, 0.25) is 5.60 Å². The number of nitrogens with one attached hydrogen (secondary N) is 2. The maximum Gasteiger partial charge on any atom is 0.413 e. The number of carbonyl (C=O) groups is 8. The van der Waals surface area contributed by atoms with Crippen LogP contribution in [0.15, 0.2) is 83.3 Å². The number of hydrogen-bond donors (Lipinski definition) is 2. The average molecular weight is 1080 g/mol. The minimum atomic E-state index is -2.76. The lowest BCUT2D eigenvalue weighted by molar-refractivity contribution is -0.263. The Morgan fingerprint density at radius 1 is 0.740 bits per heavy atom. The topological polar surface area (TPSA) is 266 Å². The van der Waals surface area contributed by atoms with E-state index in [9.17, 15) is 38.4 Å². The Hall–Kier alpha value is -7.92. The summed E-state index contributed by atoms with van der Waals surface area (Å²) in [5.74, 6) is -8.61. The second-order valence-corrected chi connectivity index (χ2v) is 23.8. The predicted octanol–water partition coefficient (Wildman–Crippen LogP) is 6.69. The van der Waals surface area contributed by atoms with Crippen LogP contribution in [0.25, 0.3) is 0 Å². The fraction of sp³-hybridized carbons (Fsp3) is 0.444. The minimum Gasteiger partial charge on any atom is -0.457 e. The Morgan fingerprint density at radius 3 is 1.79 bits per heavy atom. The van der Waals surface area contributed by atoms with Crippen molar-refractivity contribution < 1.29 is 76.5 Å². The molecular weight excluding hydrogens is 1020 g/mol. The van der Waals surface area contributed by atoms with Crippen LogP contribution in [0.1, 0.15) is 133 Å². The van der Waals surface area contributed by atoms with E-state index in [1.807, 2.05) is 74.5 Å². The van der Waals surface area contributed by atoms with E-state index in [2.05, 4.69) is 20.8 Å². The standard InChI is InChI=1S/C54H58N6O16S/c1-48(2,3)73-44(66)52(27-51(10,11)28-52)76-58-38(34-26-77-46(56-34)57-47(68)75-50(7,8)9)39(61)55-33-25-69-60(42(33)64)53(45(67)74-49(4,5)6)24-35(43(65)72-53)59-40(62)31-22-36-37(23-32(31)41(59)63)71-54(70-36,29-18-14-12-15-19-29)30-20-16-13-17-21-30/h12-23,26,33,35H,24-25,27-28H2,1-11H3,(H,55,61)(H,56,57,68)/b58-38-/t33-,35-,53?/m0/s1. The van der Waals surface area contributed by atoms with E-state index in [4.69, 9.17) is 38.1 Å². The van der Waals surface area contributed by atoms with Crippen LogP contribution in [0.5, 0.6) is 11.5 Å². The van der Waals surface area contributed by atoms with E-state index in [1.165, 1.54) is 38.3 Å². The minimum absolute atomic E-state index is 0.0123. The van der Waals surface area contributed by atoms with Crippen LogP contribution in [0.2, 0.25) is 0 Å². The molecule has 77 heavy (non-hydrogen) atoms. The first kappa shape index (κ1) is 53.9. The van der Waals surface area contributed by atoms with Gasteiger partial charge in [-0.05, 0) is 79.9 Å². The van der Waals surface area contributed by atoms with Crippen molar-refractivity contribution >= 4 is 69.8 Å². The van der Waals surface area contributed by atoms with Gasteiger partial charge in [0.1, 0.15) is 41.2 Å². The molecular formula is C54H58N6O16S. The highest BCUT2D eigenvalue weighted by Gasteiger charge is 2.66. The summed E-state index contributed by atoms with van der Waals surface area (Å²) in [6.07, 6.45) is -1.39. The Morgan fingerprint density at radius 2 is 1.27 bits per heavy atom. The van der Waals surface area contributed by atoms with E-state index < -0.39 is 112 Å². The summed E-state index contributed by atoms with van der Waals surface area (Å²) in [6.45, 7) is 17.8. The quantitative estimate of drug-likeness (QED) is 0.0492. The zero-order chi connectivity index (χ0) is 55.8. The molecule has 5 heterocycles. The van der Waals surface area contributed by atoms with Crippen molar-refractivity contribution in [3.05, 3.63) is 106 Å². The summed E-state index contributed by atoms with van der Waals surface area (Å²) in [7, 11) is 0. The predicted molar refractivity (Wildman–Crippen MR) is 271 cm³/mol. The summed E-state index contributed by atoms with van der Waals surface area (Å²) in [6, 6.07) is 17.4. The van der Waals surface area contributed by atoms with E-state index in [0.717, 1.165) is 11.3 Å². The fourth-order valence-corrected chi connectivity index (χ4v) is 10.3. The van der Waals surface area contributed by atoms with Crippen molar-refractivity contribution in [2.45, 2.75) is 141 Å². The van der Waals surface area contributed by atoms with Gasteiger partial charge in [-0.3, -0.25) is 34.2 Å². The molecule has 2 saturated heterocycles. The van der Waals surface area contributed by atoms with Crippen LogP contribution in [0.3, 0.4) is 0 Å². The lowest BCUT2D eigenvalue weighted by atomic mass is 9.61. The SMILES string of the molecule is CC1(C)CC(O/N=C(\C(=O)N[C@H]2CON(C3(C(=O)OC(C)(C)C)C[C@H](N4C(=O)c5cc6c(cc5C4=O)OC(c4ccccc4)(c4ccccc4)O6)C(=O)O3)C2=O)c2csc(NC(=O)OC(C)(C)C)n2)(C(=O)OC(C)(C)C)C1. The zero-order valence-corrected chi connectivity index (χ0v) is 45.0. The molecule has 9 rings (SSSR count). The molecule has 3 aromatic carbocycles. The molecule has 4 aliphatic heterocycles.